The average molecular weight is 494 g/mol. The number of unbranched alkanes of at least 4 members (excludes halogenated alkanes) is 1. The third-order valence-corrected chi connectivity index (χ3v) is 5.88. The Morgan fingerprint density at radius 2 is 1.51 bits per heavy atom. The third-order valence-electron chi connectivity index (χ3n) is 5.88. The van der Waals surface area contributed by atoms with Crippen molar-refractivity contribution in [2.24, 2.45) is 17.4 Å². The molecule has 0 saturated heterocycles. The lowest BCUT2D eigenvalue weighted by Crippen LogP contribution is -2.57. The summed E-state index contributed by atoms with van der Waals surface area (Å²) in [5, 5.41) is 26.6. The van der Waals surface area contributed by atoms with E-state index in [2.05, 4.69) is 16.0 Å². The van der Waals surface area contributed by atoms with E-state index in [1.54, 1.807) is 12.1 Å². The lowest BCUT2D eigenvalue weighted by molar-refractivity contribution is -0.142. The van der Waals surface area contributed by atoms with Gasteiger partial charge in [-0.3, -0.25) is 14.4 Å². The van der Waals surface area contributed by atoms with Crippen LogP contribution in [0.4, 0.5) is 0 Å². The van der Waals surface area contributed by atoms with Crippen molar-refractivity contribution in [3.05, 3.63) is 29.8 Å². The van der Waals surface area contributed by atoms with Gasteiger partial charge < -0.3 is 37.6 Å². The number of aliphatic carboxylic acids is 1. The Labute approximate surface area is 206 Å². The van der Waals surface area contributed by atoms with Gasteiger partial charge in [0.05, 0.1) is 6.04 Å². The fraction of sp³-hybridized carbons (Fsp3) is 0.583. The molecule has 1 aromatic rings. The van der Waals surface area contributed by atoms with Crippen LogP contribution >= 0.6 is 0 Å². The second-order valence-electron chi connectivity index (χ2n) is 8.76. The molecule has 0 heterocycles. The Morgan fingerprint density at radius 1 is 0.914 bits per heavy atom. The van der Waals surface area contributed by atoms with Gasteiger partial charge in [0.2, 0.25) is 17.7 Å². The average Bonchev–Trinajstić information content (AvgIpc) is 2.82. The molecule has 11 nitrogen and oxygen atoms in total. The second-order valence-corrected chi connectivity index (χ2v) is 8.76. The van der Waals surface area contributed by atoms with Crippen LogP contribution in [0.3, 0.4) is 0 Å². The van der Waals surface area contributed by atoms with E-state index in [0.29, 0.717) is 31.4 Å². The van der Waals surface area contributed by atoms with Gasteiger partial charge in [-0.15, -0.1) is 0 Å². The minimum atomic E-state index is -1.19. The van der Waals surface area contributed by atoms with Crippen LogP contribution < -0.4 is 27.4 Å². The molecule has 0 aliphatic carbocycles. The van der Waals surface area contributed by atoms with Crippen LogP contribution in [0.2, 0.25) is 0 Å². The molecule has 5 atom stereocenters. The van der Waals surface area contributed by atoms with Gasteiger partial charge in [-0.05, 0) is 56.3 Å². The summed E-state index contributed by atoms with van der Waals surface area (Å²) < 4.78 is 0. The number of nitrogens with one attached hydrogen (secondary N) is 3. The molecular formula is C24H39N5O6. The molecule has 1 rings (SSSR count). The highest BCUT2D eigenvalue weighted by Gasteiger charge is 2.29. The fourth-order valence-electron chi connectivity index (χ4n) is 3.28. The van der Waals surface area contributed by atoms with Gasteiger partial charge in [-0.1, -0.05) is 32.4 Å². The molecule has 35 heavy (non-hydrogen) atoms. The third kappa shape index (κ3) is 10.3. The molecule has 0 spiro atoms. The zero-order chi connectivity index (χ0) is 26.5. The Bertz CT molecular complexity index is 847. The quantitative estimate of drug-likeness (QED) is 0.166. The van der Waals surface area contributed by atoms with Crippen molar-refractivity contribution in [3.63, 3.8) is 0 Å². The highest BCUT2D eigenvalue weighted by atomic mass is 16.4. The summed E-state index contributed by atoms with van der Waals surface area (Å²) in [6, 6.07) is 2.05. The highest BCUT2D eigenvalue weighted by molar-refractivity contribution is 5.94. The number of phenolic OH excluding ortho intramolecular Hbond substituents is 1. The monoisotopic (exact) mass is 493 g/mol. The van der Waals surface area contributed by atoms with Crippen LogP contribution in [0.25, 0.3) is 0 Å². The molecule has 0 fully saturated rings. The summed E-state index contributed by atoms with van der Waals surface area (Å²) in [5.74, 6) is -3.01. The Kier molecular flexibility index (Phi) is 12.7. The van der Waals surface area contributed by atoms with E-state index in [1.165, 1.54) is 19.1 Å². The normalized spacial score (nSPS) is 15.2. The lowest BCUT2D eigenvalue weighted by atomic mass is 9.99. The molecule has 0 saturated carbocycles. The molecule has 196 valence electrons. The second kappa shape index (κ2) is 14.9. The molecule has 5 unspecified atom stereocenters. The van der Waals surface area contributed by atoms with Crippen LogP contribution in [0.15, 0.2) is 24.3 Å². The number of aromatic hydroxyl groups is 1. The predicted molar refractivity (Wildman–Crippen MR) is 131 cm³/mol. The summed E-state index contributed by atoms with van der Waals surface area (Å²) in [5.41, 5.74) is 12.0. The first kappa shape index (κ1) is 29.9. The van der Waals surface area contributed by atoms with Crippen molar-refractivity contribution in [3.8, 4) is 5.75 Å². The van der Waals surface area contributed by atoms with E-state index < -0.39 is 47.9 Å². The molecule has 0 radical (unpaired) electrons. The zero-order valence-corrected chi connectivity index (χ0v) is 20.6. The topological polar surface area (TPSA) is 197 Å². The molecule has 11 heteroatoms. The molecule has 0 bridgehead atoms. The number of hydrogen-bond donors (Lipinski definition) is 7. The molecule has 0 aromatic heterocycles. The van der Waals surface area contributed by atoms with Crippen LogP contribution in [0, 0.1) is 5.92 Å². The van der Waals surface area contributed by atoms with Gasteiger partial charge >= 0.3 is 5.97 Å². The number of nitrogens with two attached hydrogens (primary N) is 2. The van der Waals surface area contributed by atoms with E-state index in [4.69, 9.17) is 11.5 Å². The first-order chi connectivity index (χ1) is 16.5. The van der Waals surface area contributed by atoms with E-state index >= 15 is 0 Å². The summed E-state index contributed by atoms with van der Waals surface area (Å²) in [6.45, 7) is 5.61. The van der Waals surface area contributed by atoms with Gasteiger partial charge in [-0.25, -0.2) is 4.79 Å². The molecule has 3 amide bonds. The summed E-state index contributed by atoms with van der Waals surface area (Å²) >= 11 is 0. The van der Waals surface area contributed by atoms with Crippen LogP contribution in [0.5, 0.6) is 5.75 Å². The van der Waals surface area contributed by atoms with Crippen molar-refractivity contribution in [2.45, 2.75) is 77.0 Å². The number of carboxylic acid groups (broad SMARTS) is 1. The van der Waals surface area contributed by atoms with Gasteiger partial charge in [0.25, 0.3) is 0 Å². The van der Waals surface area contributed by atoms with Crippen molar-refractivity contribution in [2.75, 3.05) is 6.54 Å². The van der Waals surface area contributed by atoms with Crippen LogP contribution in [-0.2, 0) is 25.6 Å². The Balaban J connectivity index is 2.97. The first-order valence-electron chi connectivity index (χ1n) is 11.9. The lowest BCUT2D eigenvalue weighted by Gasteiger charge is -2.24. The standard InChI is InChI=1S/C24H39N5O6/c1-4-14(2)20(26)23(33)27-15(3)21(31)29-19(13-16-8-10-17(30)11-9-16)22(32)28-18(24(34)35)7-5-6-12-25/h8-11,14-15,18-20,30H,4-7,12-13,25-26H2,1-3H3,(H,27,33)(H,28,32)(H,29,31)(H,34,35). The minimum Gasteiger partial charge on any atom is -0.508 e. The molecule has 9 N–H and O–H groups in total. The van der Waals surface area contributed by atoms with Crippen LogP contribution in [-0.4, -0.2) is 64.6 Å². The van der Waals surface area contributed by atoms with Crippen molar-refractivity contribution in [1.82, 2.24) is 16.0 Å². The largest absolute Gasteiger partial charge is 0.508 e. The maximum absolute atomic E-state index is 13.0. The molecule has 0 aliphatic rings. The molecule has 1 aromatic carbocycles. The number of benzene rings is 1. The van der Waals surface area contributed by atoms with Gasteiger partial charge in [0.15, 0.2) is 0 Å². The highest BCUT2D eigenvalue weighted by Crippen LogP contribution is 2.12. The van der Waals surface area contributed by atoms with E-state index in [9.17, 15) is 29.4 Å². The molecular weight excluding hydrogens is 454 g/mol. The van der Waals surface area contributed by atoms with Crippen molar-refractivity contribution < 1.29 is 29.4 Å². The SMILES string of the molecule is CCC(C)C(N)C(=O)NC(C)C(=O)NC(Cc1ccc(O)cc1)C(=O)NC(CCCCN)C(=O)O. The molecule has 0 aliphatic heterocycles. The fourth-order valence-corrected chi connectivity index (χ4v) is 3.28. The smallest absolute Gasteiger partial charge is 0.326 e. The van der Waals surface area contributed by atoms with Crippen molar-refractivity contribution in [1.29, 1.82) is 0 Å². The Hall–Kier alpha value is -3.18. The minimum absolute atomic E-state index is 0.0404. The van der Waals surface area contributed by atoms with E-state index in [-0.39, 0.29) is 24.5 Å². The number of amides is 3. The van der Waals surface area contributed by atoms with Gasteiger partial charge in [0, 0.05) is 6.42 Å². The van der Waals surface area contributed by atoms with E-state index in [1.807, 2.05) is 13.8 Å². The number of carbonyl (C=O) groups is 4. The summed E-state index contributed by atoms with van der Waals surface area (Å²) in [7, 11) is 0. The number of carbonyl (C=O) groups excluding carboxylic acids is 3. The predicted octanol–water partition coefficient (Wildman–Crippen LogP) is -0.00400. The number of hydrogen-bond acceptors (Lipinski definition) is 7. The summed E-state index contributed by atoms with van der Waals surface area (Å²) in [6.07, 6.45) is 2.06. The van der Waals surface area contributed by atoms with Crippen LogP contribution in [0.1, 0.15) is 52.0 Å². The number of phenols is 1. The first-order valence-corrected chi connectivity index (χ1v) is 11.9. The van der Waals surface area contributed by atoms with E-state index in [0.717, 1.165) is 0 Å². The summed E-state index contributed by atoms with van der Waals surface area (Å²) in [4.78, 5) is 49.8. The maximum Gasteiger partial charge on any atom is 0.326 e. The number of rotatable bonds is 15. The van der Waals surface area contributed by atoms with Gasteiger partial charge in [-0.2, -0.15) is 0 Å². The Morgan fingerprint density at radius 3 is 2.06 bits per heavy atom. The zero-order valence-electron chi connectivity index (χ0n) is 20.6. The number of carboxylic acids is 1. The maximum atomic E-state index is 13.0. The van der Waals surface area contributed by atoms with Crippen molar-refractivity contribution >= 4 is 23.7 Å². The van der Waals surface area contributed by atoms with Gasteiger partial charge in [0.1, 0.15) is 23.9 Å².